The van der Waals surface area contributed by atoms with Crippen molar-refractivity contribution in [3.05, 3.63) is 18.0 Å². The molecule has 16 heavy (non-hydrogen) atoms. The molecule has 3 rings (SSSR count). The first-order chi connectivity index (χ1) is 7.77. The highest BCUT2D eigenvalue weighted by atomic mass is 15.3. The van der Waals surface area contributed by atoms with Crippen molar-refractivity contribution in [2.24, 2.45) is 12.8 Å². The van der Waals surface area contributed by atoms with Gasteiger partial charge in [-0.3, -0.25) is 9.58 Å². The fraction of sp³-hybridized carbons (Fsp3) is 0.750. The number of aromatic nitrogens is 2. The number of aryl methyl sites for hydroxylation is 1. The van der Waals surface area contributed by atoms with E-state index in [2.05, 4.69) is 16.1 Å². The lowest BCUT2D eigenvalue weighted by molar-refractivity contribution is 0.113. The maximum absolute atomic E-state index is 6.31. The first-order valence-corrected chi connectivity index (χ1v) is 6.26. The molecule has 0 radical (unpaired) electrons. The predicted molar refractivity (Wildman–Crippen MR) is 62.9 cm³/mol. The number of hydrogen-bond acceptors (Lipinski definition) is 3. The molecule has 2 unspecified atom stereocenters. The minimum atomic E-state index is 0.268. The average molecular weight is 220 g/mol. The van der Waals surface area contributed by atoms with E-state index in [1.807, 2.05) is 17.9 Å². The van der Waals surface area contributed by atoms with Crippen molar-refractivity contribution in [2.45, 2.75) is 43.8 Å². The van der Waals surface area contributed by atoms with Gasteiger partial charge < -0.3 is 5.73 Å². The number of likely N-dealkylation sites (tertiary alicyclic amines) is 1. The van der Waals surface area contributed by atoms with Gasteiger partial charge in [-0.05, 0) is 38.3 Å². The summed E-state index contributed by atoms with van der Waals surface area (Å²) in [4.78, 5) is 2.60. The van der Waals surface area contributed by atoms with Crippen molar-refractivity contribution in [3.8, 4) is 0 Å². The number of nitrogens with two attached hydrogens (primary N) is 1. The van der Waals surface area contributed by atoms with Gasteiger partial charge in [-0.25, -0.2) is 0 Å². The Bertz CT molecular complexity index is 369. The molecule has 2 N–H and O–H groups in total. The third kappa shape index (κ3) is 1.66. The van der Waals surface area contributed by atoms with Crippen molar-refractivity contribution in [1.29, 1.82) is 0 Å². The summed E-state index contributed by atoms with van der Waals surface area (Å²) in [6.45, 7) is 1.20. The van der Waals surface area contributed by atoms with E-state index in [1.54, 1.807) is 0 Å². The van der Waals surface area contributed by atoms with E-state index in [9.17, 15) is 0 Å². The largest absolute Gasteiger partial charge is 0.326 e. The highest BCUT2D eigenvalue weighted by molar-refractivity contribution is 5.13. The van der Waals surface area contributed by atoms with Crippen LogP contribution in [0.25, 0.3) is 0 Å². The highest BCUT2D eigenvalue weighted by Crippen LogP contribution is 2.38. The van der Waals surface area contributed by atoms with Crippen molar-refractivity contribution in [3.63, 3.8) is 0 Å². The van der Waals surface area contributed by atoms with E-state index in [-0.39, 0.29) is 6.04 Å². The predicted octanol–water partition coefficient (Wildman–Crippen LogP) is 1.05. The third-order valence-corrected chi connectivity index (χ3v) is 3.89. The zero-order valence-corrected chi connectivity index (χ0v) is 9.84. The van der Waals surface area contributed by atoms with Crippen LogP contribution in [0.3, 0.4) is 0 Å². The summed E-state index contributed by atoms with van der Waals surface area (Å²) < 4.78 is 1.98. The second kappa shape index (κ2) is 3.86. The van der Waals surface area contributed by atoms with Gasteiger partial charge in [0.1, 0.15) is 0 Å². The van der Waals surface area contributed by atoms with Crippen molar-refractivity contribution < 1.29 is 0 Å². The SMILES string of the molecule is Cn1nccc1C1C(N)CCCN1C1CC1. The smallest absolute Gasteiger partial charge is 0.0672 e. The van der Waals surface area contributed by atoms with E-state index >= 15 is 0 Å². The maximum Gasteiger partial charge on any atom is 0.0672 e. The van der Waals surface area contributed by atoms with E-state index in [0.29, 0.717) is 6.04 Å². The van der Waals surface area contributed by atoms with Crippen LogP contribution < -0.4 is 5.73 Å². The summed E-state index contributed by atoms with van der Waals surface area (Å²) in [5.74, 6) is 0. The van der Waals surface area contributed by atoms with Crippen molar-refractivity contribution in [2.75, 3.05) is 6.54 Å². The van der Waals surface area contributed by atoms with Crippen LogP contribution in [0.1, 0.15) is 37.4 Å². The molecule has 4 nitrogen and oxygen atoms in total. The van der Waals surface area contributed by atoms with E-state index < -0.39 is 0 Å². The topological polar surface area (TPSA) is 47.1 Å². The van der Waals surface area contributed by atoms with Gasteiger partial charge >= 0.3 is 0 Å². The highest BCUT2D eigenvalue weighted by Gasteiger charge is 2.40. The van der Waals surface area contributed by atoms with Crippen LogP contribution in [0.5, 0.6) is 0 Å². The second-order valence-electron chi connectivity index (χ2n) is 5.10. The van der Waals surface area contributed by atoms with Gasteiger partial charge in [-0.2, -0.15) is 5.10 Å². The normalized spacial score (nSPS) is 31.9. The fourth-order valence-corrected chi connectivity index (χ4v) is 2.93. The quantitative estimate of drug-likeness (QED) is 0.810. The molecule has 1 aliphatic carbocycles. The van der Waals surface area contributed by atoms with Gasteiger partial charge in [0.2, 0.25) is 0 Å². The molecule has 0 aromatic carbocycles. The molecule has 0 amide bonds. The maximum atomic E-state index is 6.31. The Hall–Kier alpha value is -0.870. The van der Waals surface area contributed by atoms with Crippen LogP contribution in [0.15, 0.2) is 12.3 Å². The molecule has 2 fully saturated rings. The van der Waals surface area contributed by atoms with Crippen molar-refractivity contribution in [1.82, 2.24) is 14.7 Å². The van der Waals surface area contributed by atoms with Crippen LogP contribution in [-0.4, -0.2) is 33.3 Å². The molecular formula is C12H20N4. The Kier molecular flexibility index (Phi) is 2.48. The summed E-state index contributed by atoms with van der Waals surface area (Å²) in [7, 11) is 2.02. The van der Waals surface area contributed by atoms with Gasteiger partial charge in [-0.15, -0.1) is 0 Å². The molecule has 1 aromatic heterocycles. The lowest BCUT2D eigenvalue weighted by Gasteiger charge is -2.40. The number of nitrogens with zero attached hydrogens (tertiary/aromatic N) is 3. The zero-order chi connectivity index (χ0) is 11.1. The molecular weight excluding hydrogens is 200 g/mol. The molecule has 2 atom stereocenters. The van der Waals surface area contributed by atoms with E-state index in [1.165, 1.54) is 31.5 Å². The minimum absolute atomic E-state index is 0.268. The van der Waals surface area contributed by atoms with Crippen LogP contribution in [0, 0.1) is 0 Å². The Morgan fingerprint density at radius 3 is 2.81 bits per heavy atom. The Morgan fingerprint density at radius 2 is 2.19 bits per heavy atom. The Morgan fingerprint density at radius 1 is 1.38 bits per heavy atom. The lowest BCUT2D eigenvalue weighted by Crippen LogP contribution is -2.47. The van der Waals surface area contributed by atoms with Gasteiger partial charge in [-0.1, -0.05) is 0 Å². The van der Waals surface area contributed by atoms with E-state index in [0.717, 1.165) is 12.5 Å². The lowest BCUT2D eigenvalue weighted by atomic mass is 9.94. The Labute approximate surface area is 96.4 Å². The van der Waals surface area contributed by atoms with E-state index in [4.69, 9.17) is 5.73 Å². The molecule has 2 heterocycles. The molecule has 1 aliphatic heterocycles. The van der Waals surface area contributed by atoms with Gasteiger partial charge in [0.05, 0.1) is 11.7 Å². The zero-order valence-electron chi connectivity index (χ0n) is 9.84. The molecule has 4 heteroatoms. The third-order valence-electron chi connectivity index (χ3n) is 3.89. The first kappa shape index (κ1) is 10.3. The number of rotatable bonds is 2. The van der Waals surface area contributed by atoms with Gasteiger partial charge in [0.15, 0.2) is 0 Å². The Balaban J connectivity index is 1.90. The van der Waals surface area contributed by atoms with Crippen LogP contribution in [0.2, 0.25) is 0 Å². The summed E-state index contributed by atoms with van der Waals surface area (Å²) in [5.41, 5.74) is 7.59. The van der Waals surface area contributed by atoms with Gasteiger partial charge in [0, 0.05) is 25.3 Å². The molecule has 0 bridgehead atoms. The molecule has 1 saturated carbocycles. The molecule has 0 spiro atoms. The van der Waals surface area contributed by atoms with Gasteiger partial charge in [0.25, 0.3) is 0 Å². The summed E-state index contributed by atoms with van der Waals surface area (Å²) in [6.07, 6.45) is 6.95. The summed E-state index contributed by atoms with van der Waals surface area (Å²) in [5, 5.41) is 4.27. The standard InChI is InChI=1S/C12H20N4/c1-15-11(6-7-14-15)12-10(13)3-2-8-16(12)9-4-5-9/h6-7,9-10,12H,2-5,8,13H2,1H3. The summed E-state index contributed by atoms with van der Waals surface area (Å²) in [6, 6.07) is 3.55. The monoisotopic (exact) mass is 220 g/mol. The van der Waals surface area contributed by atoms with Crippen LogP contribution in [0.4, 0.5) is 0 Å². The average Bonchev–Trinajstić information content (AvgIpc) is 3.03. The fourth-order valence-electron chi connectivity index (χ4n) is 2.93. The first-order valence-electron chi connectivity index (χ1n) is 6.26. The van der Waals surface area contributed by atoms with Crippen LogP contribution >= 0.6 is 0 Å². The number of piperidine rings is 1. The van der Waals surface area contributed by atoms with Crippen molar-refractivity contribution >= 4 is 0 Å². The second-order valence-corrected chi connectivity index (χ2v) is 5.10. The minimum Gasteiger partial charge on any atom is -0.326 e. The molecule has 88 valence electrons. The molecule has 1 aromatic rings. The summed E-state index contributed by atoms with van der Waals surface area (Å²) >= 11 is 0. The number of hydrogen-bond donors (Lipinski definition) is 1. The molecule has 1 saturated heterocycles. The van der Waals surface area contributed by atoms with Crippen LogP contribution in [-0.2, 0) is 7.05 Å². The molecule has 2 aliphatic rings.